The Morgan fingerprint density at radius 3 is 2.79 bits per heavy atom. The van der Waals surface area contributed by atoms with Crippen LogP contribution in [0.1, 0.15) is 12.6 Å². The van der Waals surface area contributed by atoms with Crippen molar-refractivity contribution in [2.45, 2.75) is 13.8 Å². The molecule has 2 rings (SSSR count). The summed E-state index contributed by atoms with van der Waals surface area (Å²) < 4.78 is 5.05. The van der Waals surface area contributed by atoms with Crippen molar-refractivity contribution in [2.75, 3.05) is 18.5 Å². The van der Waals surface area contributed by atoms with E-state index < -0.39 is 0 Å². The van der Waals surface area contributed by atoms with E-state index >= 15 is 0 Å². The summed E-state index contributed by atoms with van der Waals surface area (Å²) in [5.74, 6) is -0.171. The summed E-state index contributed by atoms with van der Waals surface area (Å²) in [4.78, 5) is 17.0. The van der Waals surface area contributed by atoms with Crippen LogP contribution in [0.2, 0.25) is 0 Å². The topological polar surface area (TPSA) is 51.2 Å². The summed E-state index contributed by atoms with van der Waals surface area (Å²) in [7, 11) is 0. The molecule has 1 heterocycles. The van der Waals surface area contributed by atoms with Crippen LogP contribution in [0, 0.1) is 6.92 Å². The van der Waals surface area contributed by atoms with E-state index in [1.807, 2.05) is 44.2 Å². The zero-order valence-corrected chi connectivity index (χ0v) is 11.8. The minimum atomic E-state index is -0.171. The van der Waals surface area contributed by atoms with E-state index in [4.69, 9.17) is 4.74 Å². The zero-order valence-electron chi connectivity index (χ0n) is 11.0. The van der Waals surface area contributed by atoms with Gasteiger partial charge in [0, 0.05) is 6.61 Å². The number of nitrogens with one attached hydrogen (secondary N) is 1. The van der Waals surface area contributed by atoms with Gasteiger partial charge in [0.2, 0.25) is 0 Å². The molecule has 1 amide bonds. The largest absolute Gasteiger partial charge is 0.372 e. The number of carbonyl (C=O) groups is 1. The first-order chi connectivity index (χ1) is 9.20. The van der Waals surface area contributed by atoms with Crippen LogP contribution in [0.5, 0.6) is 0 Å². The molecule has 19 heavy (non-hydrogen) atoms. The number of amides is 1. The molecule has 0 saturated heterocycles. The molecule has 4 nitrogen and oxygen atoms in total. The molecule has 0 fully saturated rings. The quantitative estimate of drug-likeness (QED) is 0.913. The number of anilines is 1. The molecule has 0 aliphatic carbocycles. The number of hydrogen-bond acceptors (Lipinski definition) is 4. The van der Waals surface area contributed by atoms with Crippen molar-refractivity contribution in [1.82, 2.24) is 4.98 Å². The van der Waals surface area contributed by atoms with Gasteiger partial charge in [0.15, 0.2) is 5.13 Å². The third-order valence-corrected chi connectivity index (χ3v) is 3.64. The SMILES string of the molecule is CCOCC(=O)Nc1nc(C)c(-c2ccccc2)s1. The van der Waals surface area contributed by atoms with Crippen molar-refractivity contribution < 1.29 is 9.53 Å². The number of carbonyl (C=O) groups excluding carboxylic acids is 1. The Balaban J connectivity index is 2.11. The highest BCUT2D eigenvalue weighted by Crippen LogP contribution is 2.32. The average molecular weight is 276 g/mol. The maximum absolute atomic E-state index is 11.6. The van der Waals surface area contributed by atoms with Gasteiger partial charge in [-0.3, -0.25) is 10.1 Å². The zero-order chi connectivity index (χ0) is 13.7. The monoisotopic (exact) mass is 276 g/mol. The number of rotatable bonds is 5. The van der Waals surface area contributed by atoms with Crippen LogP contribution in [-0.4, -0.2) is 24.1 Å². The number of thiazole rings is 1. The van der Waals surface area contributed by atoms with Crippen LogP contribution < -0.4 is 5.32 Å². The molecule has 0 radical (unpaired) electrons. The predicted octanol–water partition coefficient (Wildman–Crippen LogP) is 3.09. The van der Waals surface area contributed by atoms with E-state index in [1.165, 1.54) is 11.3 Å². The second-order valence-corrected chi connectivity index (χ2v) is 4.98. The van der Waals surface area contributed by atoms with Gasteiger partial charge in [0.05, 0.1) is 10.6 Å². The Kier molecular flexibility index (Phi) is 4.65. The summed E-state index contributed by atoms with van der Waals surface area (Å²) >= 11 is 1.48. The molecule has 5 heteroatoms. The Morgan fingerprint density at radius 1 is 1.37 bits per heavy atom. The van der Waals surface area contributed by atoms with Gasteiger partial charge in [-0.05, 0) is 19.4 Å². The van der Waals surface area contributed by atoms with E-state index in [-0.39, 0.29) is 12.5 Å². The molecule has 0 unspecified atom stereocenters. The lowest BCUT2D eigenvalue weighted by atomic mass is 10.2. The summed E-state index contributed by atoms with van der Waals surface area (Å²) in [5, 5.41) is 3.36. The fourth-order valence-electron chi connectivity index (χ4n) is 1.66. The number of hydrogen-bond donors (Lipinski definition) is 1. The van der Waals surface area contributed by atoms with Crippen molar-refractivity contribution in [2.24, 2.45) is 0 Å². The van der Waals surface area contributed by atoms with Gasteiger partial charge in [-0.15, -0.1) is 0 Å². The lowest BCUT2D eigenvalue weighted by Crippen LogP contribution is -2.17. The van der Waals surface area contributed by atoms with E-state index in [2.05, 4.69) is 10.3 Å². The maximum atomic E-state index is 11.6. The number of benzene rings is 1. The standard InChI is InChI=1S/C14H16N2O2S/c1-3-18-9-12(17)16-14-15-10(2)13(19-14)11-7-5-4-6-8-11/h4-8H,3,9H2,1-2H3,(H,15,16,17). The minimum Gasteiger partial charge on any atom is -0.372 e. The Bertz CT molecular complexity index is 552. The second-order valence-electron chi connectivity index (χ2n) is 3.98. The lowest BCUT2D eigenvalue weighted by molar-refractivity contribution is -0.120. The van der Waals surface area contributed by atoms with E-state index in [9.17, 15) is 4.79 Å². The van der Waals surface area contributed by atoms with Crippen LogP contribution in [0.3, 0.4) is 0 Å². The van der Waals surface area contributed by atoms with Crippen LogP contribution in [-0.2, 0) is 9.53 Å². The molecule has 0 aliphatic rings. The molecule has 0 aliphatic heterocycles. The highest BCUT2D eigenvalue weighted by atomic mass is 32.1. The molecule has 1 aromatic heterocycles. The first-order valence-electron chi connectivity index (χ1n) is 6.11. The molecule has 0 saturated carbocycles. The second kappa shape index (κ2) is 6.45. The summed E-state index contributed by atoms with van der Waals surface area (Å²) in [6.45, 7) is 4.39. The third-order valence-electron chi connectivity index (χ3n) is 2.52. The summed E-state index contributed by atoms with van der Waals surface area (Å²) in [6, 6.07) is 10.0. The first kappa shape index (κ1) is 13.7. The first-order valence-corrected chi connectivity index (χ1v) is 6.92. The molecule has 2 aromatic rings. The van der Waals surface area contributed by atoms with Crippen LogP contribution in [0.25, 0.3) is 10.4 Å². The van der Waals surface area contributed by atoms with E-state index in [1.54, 1.807) is 0 Å². The van der Waals surface area contributed by atoms with Gasteiger partial charge >= 0.3 is 0 Å². The fraction of sp³-hybridized carbons (Fsp3) is 0.286. The summed E-state index contributed by atoms with van der Waals surface area (Å²) in [5.41, 5.74) is 2.03. The Labute approximate surface area is 116 Å². The van der Waals surface area contributed by atoms with Gasteiger partial charge in [0.25, 0.3) is 5.91 Å². The predicted molar refractivity (Wildman–Crippen MR) is 77.4 cm³/mol. The van der Waals surface area contributed by atoms with E-state index in [0.29, 0.717) is 11.7 Å². The van der Waals surface area contributed by atoms with Gasteiger partial charge < -0.3 is 4.74 Å². The maximum Gasteiger partial charge on any atom is 0.252 e. The van der Waals surface area contributed by atoms with Crippen molar-refractivity contribution in [3.05, 3.63) is 36.0 Å². The fourth-order valence-corrected chi connectivity index (χ4v) is 2.65. The number of aryl methyl sites for hydroxylation is 1. The average Bonchev–Trinajstić information content (AvgIpc) is 2.78. The summed E-state index contributed by atoms with van der Waals surface area (Å²) in [6.07, 6.45) is 0. The molecule has 100 valence electrons. The number of ether oxygens (including phenoxy) is 1. The highest BCUT2D eigenvalue weighted by Gasteiger charge is 2.11. The molecule has 1 N–H and O–H groups in total. The number of aromatic nitrogens is 1. The highest BCUT2D eigenvalue weighted by molar-refractivity contribution is 7.19. The van der Waals surface area contributed by atoms with Crippen molar-refractivity contribution >= 4 is 22.4 Å². The molecule has 0 spiro atoms. The van der Waals surface area contributed by atoms with Gasteiger partial charge in [0.1, 0.15) is 6.61 Å². The lowest BCUT2D eigenvalue weighted by Gasteiger charge is -2.00. The molecule has 0 bridgehead atoms. The van der Waals surface area contributed by atoms with Gasteiger partial charge in [-0.25, -0.2) is 4.98 Å². The van der Waals surface area contributed by atoms with Crippen molar-refractivity contribution in [1.29, 1.82) is 0 Å². The van der Waals surface area contributed by atoms with Crippen LogP contribution >= 0.6 is 11.3 Å². The molecule has 1 aromatic carbocycles. The van der Waals surface area contributed by atoms with Crippen molar-refractivity contribution in [3.8, 4) is 10.4 Å². The Morgan fingerprint density at radius 2 is 2.11 bits per heavy atom. The van der Waals surface area contributed by atoms with E-state index in [0.717, 1.165) is 16.1 Å². The normalized spacial score (nSPS) is 10.4. The smallest absolute Gasteiger partial charge is 0.252 e. The molecular formula is C14H16N2O2S. The Hall–Kier alpha value is -1.72. The molecule has 0 atom stereocenters. The molecular weight excluding hydrogens is 260 g/mol. The third kappa shape index (κ3) is 3.62. The van der Waals surface area contributed by atoms with Crippen LogP contribution in [0.15, 0.2) is 30.3 Å². The minimum absolute atomic E-state index is 0.0653. The van der Waals surface area contributed by atoms with Crippen LogP contribution in [0.4, 0.5) is 5.13 Å². The number of nitrogens with zero attached hydrogens (tertiary/aromatic N) is 1. The van der Waals surface area contributed by atoms with Gasteiger partial charge in [-0.2, -0.15) is 0 Å². The van der Waals surface area contributed by atoms with Gasteiger partial charge in [-0.1, -0.05) is 41.7 Å². The van der Waals surface area contributed by atoms with Crippen molar-refractivity contribution in [3.63, 3.8) is 0 Å².